The molecule has 94 valence electrons. The Morgan fingerprint density at radius 3 is 2.53 bits per heavy atom. The number of aromatic nitrogens is 1. The molecule has 0 fully saturated rings. The maximum atomic E-state index is 12.4. The Bertz CT molecular complexity index is 451. The van der Waals surface area contributed by atoms with E-state index in [-0.39, 0.29) is 9.13 Å². The average Bonchev–Trinajstić information content (AvgIpc) is 2.18. The van der Waals surface area contributed by atoms with E-state index >= 15 is 0 Å². The second kappa shape index (κ2) is 4.98. The van der Waals surface area contributed by atoms with Gasteiger partial charge < -0.3 is 14.9 Å². The highest BCUT2D eigenvalue weighted by Crippen LogP contribution is 2.36. The molecule has 1 aromatic rings. The van der Waals surface area contributed by atoms with E-state index in [1.165, 1.54) is 22.6 Å². The van der Waals surface area contributed by atoms with Crippen molar-refractivity contribution in [2.45, 2.75) is 13.0 Å². The van der Waals surface area contributed by atoms with E-state index < -0.39 is 29.5 Å². The van der Waals surface area contributed by atoms with Gasteiger partial charge in [-0.3, -0.25) is 0 Å². The van der Waals surface area contributed by atoms with E-state index in [0.717, 1.165) is 6.20 Å². The predicted octanol–water partition coefficient (Wildman–Crippen LogP) is 2.96. The third kappa shape index (κ3) is 3.38. The number of hydrogen-bond acceptors (Lipinski definition) is 4. The minimum absolute atomic E-state index is 0.213. The molecule has 0 spiro atoms. The molecule has 0 bridgehead atoms. The lowest BCUT2D eigenvalue weighted by molar-refractivity contribution is -0.393. The molecule has 1 heterocycles. The van der Waals surface area contributed by atoms with Crippen molar-refractivity contribution in [3.8, 4) is 5.75 Å². The monoisotopic (exact) mass is 366 g/mol. The van der Waals surface area contributed by atoms with E-state index in [9.17, 15) is 27.7 Å². The Morgan fingerprint density at radius 1 is 1.53 bits per heavy atom. The Kier molecular flexibility index (Phi) is 4.06. The smallest absolute Gasteiger partial charge is 0.395 e. The Balaban J connectivity index is 3.35. The number of nitrogens with zero attached hydrogens (tertiary/aromatic N) is 2. The van der Waals surface area contributed by atoms with Gasteiger partial charge in [0.25, 0.3) is 0 Å². The number of rotatable bonds is 3. The number of hydrogen-bond donors (Lipinski definition) is 0. The maximum absolute atomic E-state index is 12.4. The van der Waals surface area contributed by atoms with Gasteiger partial charge in [-0.1, -0.05) is 0 Å². The highest BCUT2D eigenvalue weighted by atomic mass is 127. The molecule has 0 amide bonds. The van der Waals surface area contributed by atoms with Crippen molar-refractivity contribution in [3.63, 3.8) is 0 Å². The fraction of sp³-hybridized carbons (Fsp3) is 0.286. The average molecular weight is 366 g/mol. The topological polar surface area (TPSA) is 65.3 Å². The summed E-state index contributed by atoms with van der Waals surface area (Å²) >= 11 is 1.33. The van der Waals surface area contributed by atoms with E-state index in [2.05, 4.69) is 9.72 Å². The fourth-order valence-corrected chi connectivity index (χ4v) is 1.56. The molecule has 1 aromatic heterocycles. The number of halogens is 5. The molecule has 17 heavy (non-hydrogen) atoms. The Hall–Kier alpha value is -1.20. The van der Waals surface area contributed by atoms with Crippen molar-refractivity contribution < 1.29 is 27.2 Å². The van der Waals surface area contributed by atoms with Crippen LogP contribution in [0.2, 0.25) is 0 Å². The lowest BCUT2D eigenvalue weighted by Gasteiger charge is -2.11. The molecule has 0 aliphatic carbocycles. The van der Waals surface area contributed by atoms with Crippen LogP contribution in [0, 0.1) is 13.7 Å². The van der Waals surface area contributed by atoms with Crippen LogP contribution in [0.5, 0.6) is 5.75 Å². The minimum atomic E-state index is -5.11. The molecular formula is C7H3F4IN2O3. The summed E-state index contributed by atoms with van der Waals surface area (Å²) in [5, 5.41) is 10.5. The maximum Gasteiger partial charge on any atom is 0.573 e. The van der Waals surface area contributed by atoms with E-state index in [4.69, 9.17) is 0 Å². The summed E-state index contributed by atoms with van der Waals surface area (Å²) in [6, 6.07) is 0. The lowest BCUT2D eigenvalue weighted by atomic mass is 10.3. The van der Waals surface area contributed by atoms with Crippen LogP contribution in [-0.4, -0.2) is 16.3 Å². The van der Waals surface area contributed by atoms with Gasteiger partial charge in [-0.2, -0.15) is 0 Å². The zero-order valence-electron chi connectivity index (χ0n) is 7.79. The van der Waals surface area contributed by atoms with Crippen LogP contribution in [0.4, 0.5) is 23.4 Å². The SMILES string of the molecule is O=[N+]([O-])c1ncc(CF)c(I)c1OC(F)(F)F. The molecule has 0 saturated heterocycles. The first-order valence-corrected chi connectivity index (χ1v) is 4.97. The summed E-state index contributed by atoms with van der Waals surface area (Å²) in [6.45, 7) is -1.10. The summed E-state index contributed by atoms with van der Waals surface area (Å²) in [5.41, 5.74) is -0.213. The molecule has 5 nitrogen and oxygen atoms in total. The molecule has 1 rings (SSSR count). The largest absolute Gasteiger partial charge is 0.573 e. The Labute approximate surface area is 105 Å². The van der Waals surface area contributed by atoms with E-state index in [1.807, 2.05) is 0 Å². The lowest BCUT2D eigenvalue weighted by Crippen LogP contribution is -2.19. The van der Waals surface area contributed by atoms with Crippen molar-refractivity contribution in [3.05, 3.63) is 25.4 Å². The highest BCUT2D eigenvalue weighted by Gasteiger charge is 2.37. The van der Waals surface area contributed by atoms with Crippen LogP contribution < -0.4 is 4.74 Å². The van der Waals surface area contributed by atoms with Crippen molar-refractivity contribution in [1.82, 2.24) is 4.98 Å². The number of ether oxygens (including phenoxy) is 1. The van der Waals surface area contributed by atoms with Crippen molar-refractivity contribution in [2.75, 3.05) is 0 Å². The van der Waals surface area contributed by atoms with Gasteiger partial charge in [0.1, 0.15) is 12.9 Å². The summed E-state index contributed by atoms with van der Waals surface area (Å²) in [4.78, 5) is 12.4. The molecule has 0 atom stereocenters. The Morgan fingerprint density at radius 2 is 2.12 bits per heavy atom. The van der Waals surface area contributed by atoms with Crippen LogP contribution in [0.1, 0.15) is 5.56 Å². The van der Waals surface area contributed by atoms with Crippen LogP contribution >= 0.6 is 22.6 Å². The number of pyridine rings is 1. The number of alkyl halides is 4. The second-order valence-corrected chi connectivity index (χ2v) is 3.77. The summed E-state index contributed by atoms with van der Waals surface area (Å²) in [7, 11) is 0. The molecule has 10 heteroatoms. The summed E-state index contributed by atoms with van der Waals surface area (Å²) in [6.07, 6.45) is -4.32. The summed E-state index contributed by atoms with van der Waals surface area (Å²) < 4.78 is 51.6. The molecule has 0 aliphatic rings. The predicted molar refractivity (Wildman–Crippen MR) is 55.1 cm³/mol. The van der Waals surface area contributed by atoms with E-state index in [0.29, 0.717) is 0 Å². The highest BCUT2D eigenvalue weighted by molar-refractivity contribution is 14.1. The zero-order chi connectivity index (χ0) is 13.2. The molecule has 0 aromatic carbocycles. The normalized spacial score (nSPS) is 11.4. The number of nitro groups is 1. The van der Waals surface area contributed by atoms with Gasteiger partial charge in [0.2, 0.25) is 5.75 Å². The first kappa shape index (κ1) is 13.9. The van der Waals surface area contributed by atoms with Crippen LogP contribution in [0.25, 0.3) is 0 Å². The first-order valence-electron chi connectivity index (χ1n) is 3.89. The fourth-order valence-electron chi connectivity index (χ4n) is 0.928. The van der Waals surface area contributed by atoms with Crippen molar-refractivity contribution in [1.29, 1.82) is 0 Å². The van der Waals surface area contributed by atoms with Crippen molar-refractivity contribution >= 4 is 28.4 Å². The standard InChI is InChI=1S/C7H3F4IN2O3/c8-1-3-2-13-6(14(15)16)5(4(3)12)17-7(9,10)11/h2H,1H2. The zero-order valence-corrected chi connectivity index (χ0v) is 9.95. The molecule has 0 N–H and O–H groups in total. The van der Waals surface area contributed by atoms with Gasteiger partial charge in [-0.15, -0.1) is 13.2 Å². The summed E-state index contributed by atoms with van der Waals surface area (Å²) in [5.74, 6) is -2.21. The van der Waals surface area contributed by atoms with Crippen LogP contribution in [-0.2, 0) is 6.67 Å². The van der Waals surface area contributed by atoms with Gasteiger partial charge in [0.05, 0.1) is 3.57 Å². The second-order valence-electron chi connectivity index (χ2n) is 2.69. The van der Waals surface area contributed by atoms with Crippen LogP contribution in [0.3, 0.4) is 0 Å². The van der Waals surface area contributed by atoms with Gasteiger partial charge in [-0.25, -0.2) is 4.39 Å². The molecule has 0 aliphatic heterocycles. The van der Waals surface area contributed by atoms with Gasteiger partial charge >= 0.3 is 12.2 Å². The first-order chi connectivity index (χ1) is 7.76. The van der Waals surface area contributed by atoms with Gasteiger partial charge in [-0.05, 0) is 32.5 Å². The molecule has 0 radical (unpaired) electrons. The van der Waals surface area contributed by atoms with Gasteiger partial charge in [0, 0.05) is 5.56 Å². The quantitative estimate of drug-likeness (QED) is 0.357. The molecule has 0 unspecified atom stereocenters. The van der Waals surface area contributed by atoms with Crippen LogP contribution in [0.15, 0.2) is 6.20 Å². The third-order valence-electron chi connectivity index (χ3n) is 1.56. The van der Waals surface area contributed by atoms with E-state index in [1.54, 1.807) is 0 Å². The van der Waals surface area contributed by atoms with Gasteiger partial charge in [0.15, 0.2) is 0 Å². The van der Waals surface area contributed by atoms with Crippen molar-refractivity contribution in [2.24, 2.45) is 0 Å². The molecule has 0 saturated carbocycles. The molecular weight excluding hydrogens is 363 g/mol. The third-order valence-corrected chi connectivity index (χ3v) is 2.74. The minimum Gasteiger partial charge on any atom is -0.395 e.